The molecule has 2 atom stereocenters. The molecule has 29 heavy (non-hydrogen) atoms. The standard InChI is InChI=1S/C25H24FN3/c1-17(18-8-3-2-4-9-18)29-25(19-13-14-23(26)27-16-19)15-7-11-21-20-10-5-6-12-22(20)28-24(21)25/h2-6,8-10,12-14,16-17,28-29H,7,11,15H2,1H3/t17-,25?/m1/s1. The van der Waals surface area contributed by atoms with E-state index in [9.17, 15) is 4.39 Å². The van der Waals surface area contributed by atoms with Crippen molar-refractivity contribution in [3.8, 4) is 0 Å². The smallest absolute Gasteiger partial charge is 0.212 e. The molecule has 146 valence electrons. The number of halogens is 1. The number of benzene rings is 2. The van der Waals surface area contributed by atoms with Gasteiger partial charge in [-0.3, -0.25) is 5.32 Å². The first-order valence-corrected chi connectivity index (χ1v) is 10.2. The lowest BCUT2D eigenvalue weighted by molar-refractivity contribution is 0.303. The van der Waals surface area contributed by atoms with Gasteiger partial charge in [-0.15, -0.1) is 0 Å². The SMILES string of the molecule is C[C@@H](NC1(c2ccc(F)nc2)CCCc2c1[nH]c1ccccc21)c1ccccc1. The van der Waals surface area contributed by atoms with Crippen molar-refractivity contribution in [2.45, 2.75) is 37.8 Å². The first-order chi connectivity index (χ1) is 14.2. The van der Waals surface area contributed by atoms with Crippen molar-refractivity contribution in [3.05, 3.63) is 101 Å². The summed E-state index contributed by atoms with van der Waals surface area (Å²) in [5, 5.41) is 5.18. The third-order valence-electron chi connectivity index (χ3n) is 6.20. The van der Waals surface area contributed by atoms with Crippen LogP contribution in [0.15, 0.2) is 72.9 Å². The number of H-pyrrole nitrogens is 1. The van der Waals surface area contributed by atoms with Gasteiger partial charge < -0.3 is 4.98 Å². The van der Waals surface area contributed by atoms with E-state index in [0.29, 0.717) is 0 Å². The monoisotopic (exact) mass is 385 g/mol. The Bertz CT molecular complexity index is 1130. The van der Waals surface area contributed by atoms with E-state index in [1.807, 2.05) is 12.1 Å². The van der Waals surface area contributed by atoms with Crippen molar-refractivity contribution in [3.63, 3.8) is 0 Å². The molecular weight excluding hydrogens is 361 g/mol. The minimum absolute atomic E-state index is 0.124. The Labute approximate surface area is 170 Å². The van der Waals surface area contributed by atoms with Gasteiger partial charge >= 0.3 is 0 Å². The van der Waals surface area contributed by atoms with Crippen molar-refractivity contribution in [2.24, 2.45) is 0 Å². The normalized spacial score (nSPS) is 19.8. The van der Waals surface area contributed by atoms with E-state index in [0.717, 1.165) is 30.3 Å². The molecule has 0 aliphatic heterocycles. The fourth-order valence-electron chi connectivity index (χ4n) is 4.82. The second-order valence-electron chi connectivity index (χ2n) is 7.93. The number of hydrogen-bond donors (Lipinski definition) is 2. The quantitative estimate of drug-likeness (QED) is 0.447. The van der Waals surface area contributed by atoms with Crippen LogP contribution >= 0.6 is 0 Å². The van der Waals surface area contributed by atoms with E-state index >= 15 is 0 Å². The summed E-state index contributed by atoms with van der Waals surface area (Å²) in [5.41, 5.74) is 5.46. The van der Waals surface area contributed by atoms with E-state index in [-0.39, 0.29) is 6.04 Å². The van der Waals surface area contributed by atoms with Crippen LogP contribution in [0.3, 0.4) is 0 Å². The number of aryl methyl sites for hydroxylation is 1. The molecule has 0 fully saturated rings. The Morgan fingerprint density at radius 1 is 1.03 bits per heavy atom. The molecule has 2 aromatic carbocycles. The molecule has 0 saturated heterocycles. The fraction of sp³-hybridized carbons (Fsp3) is 0.240. The highest BCUT2D eigenvalue weighted by Gasteiger charge is 2.41. The third-order valence-corrected chi connectivity index (χ3v) is 6.20. The van der Waals surface area contributed by atoms with Crippen molar-refractivity contribution in [1.82, 2.24) is 15.3 Å². The maximum Gasteiger partial charge on any atom is 0.212 e. The molecule has 1 aliphatic rings. The van der Waals surface area contributed by atoms with Crippen LogP contribution in [-0.4, -0.2) is 9.97 Å². The topological polar surface area (TPSA) is 40.7 Å². The highest BCUT2D eigenvalue weighted by Crippen LogP contribution is 2.44. The summed E-state index contributed by atoms with van der Waals surface area (Å²) < 4.78 is 13.6. The summed E-state index contributed by atoms with van der Waals surface area (Å²) in [6.07, 6.45) is 4.70. The molecule has 0 saturated carbocycles. The van der Waals surface area contributed by atoms with E-state index in [1.54, 1.807) is 6.20 Å². The van der Waals surface area contributed by atoms with Crippen molar-refractivity contribution in [2.75, 3.05) is 0 Å². The molecule has 5 rings (SSSR count). The van der Waals surface area contributed by atoms with Crippen molar-refractivity contribution >= 4 is 10.9 Å². The van der Waals surface area contributed by atoms with Crippen LogP contribution < -0.4 is 5.32 Å². The summed E-state index contributed by atoms with van der Waals surface area (Å²) >= 11 is 0. The number of nitrogens with one attached hydrogen (secondary N) is 2. The van der Waals surface area contributed by atoms with Gasteiger partial charge in [0, 0.05) is 28.8 Å². The maximum absolute atomic E-state index is 13.6. The summed E-state index contributed by atoms with van der Waals surface area (Å²) in [6, 6.07) is 22.4. The van der Waals surface area contributed by atoms with E-state index in [1.165, 1.54) is 28.3 Å². The number of pyridine rings is 1. The van der Waals surface area contributed by atoms with Crippen LogP contribution in [0.25, 0.3) is 10.9 Å². The van der Waals surface area contributed by atoms with Crippen molar-refractivity contribution in [1.29, 1.82) is 0 Å². The van der Waals surface area contributed by atoms with Gasteiger partial charge in [0.1, 0.15) is 0 Å². The van der Waals surface area contributed by atoms with Gasteiger partial charge in [-0.25, -0.2) is 4.98 Å². The predicted octanol–water partition coefficient (Wildman–Crippen LogP) is 5.63. The first-order valence-electron chi connectivity index (χ1n) is 10.2. The largest absolute Gasteiger partial charge is 0.356 e. The number of aromatic amines is 1. The van der Waals surface area contributed by atoms with Crippen LogP contribution in [0.4, 0.5) is 4.39 Å². The lowest BCUT2D eigenvalue weighted by Gasteiger charge is -2.41. The molecule has 1 aliphatic carbocycles. The Balaban J connectivity index is 1.69. The van der Waals surface area contributed by atoms with Gasteiger partial charge in [0.05, 0.1) is 5.54 Å². The number of hydrogen-bond acceptors (Lipinski definition) is 2. The Morgan fingerprint density at radius 3 is 2.62 bits per heavy atom. The average Bonchev–Trinajstić information content (AvgIpc) is 3.15. The highest BCUT2D eigenvalue weighted by molar-refractivity contribution is 5.85. The number of fused-ring (bicyclic) bond motifs is 3. The summed E-state index contributed by atoms with van der Waals surface area (Å²) in [4.78, 5) is 7.68. The van der Waals surface area contributed by atoms with E-state index in [4.69, 9.17) is 0 Å². The molecule has 0 bridgehead atoms. The molecular formula is C25H24FN3. The minimum Gasteiger partial charge on any atom is -0.356 e. The second kappa shape index (κ2) is 7.12. The molecule has 2 aromatic heterocycles. The van der Waals surface area contributed by atoms with Crippen LogP contribution in [0.1, 0.15) is 48.2 Å². The van der Waals surface area contributed by atoms with Gasteiger partial charge in [-0.1, -0.05) is 54.6 Å². The molecule has 0 amide bonds. The zero-order valence-electron chi connectivity index (χ0n) is 16.5. The molecule has 1 unspecified atom stereocenters. The van der Waals surface area contributed by atoms with Gasteiger partial charge in [0.25, 0.3) is 0 Å². The summed E-state index contributed by atoms with van der Waals surface area (Å²) in [6.45, 7) is 2.19. The van der Waals surface area contributed by atoms with Gasteiger partial charge in [-0.05, 0) is 55.0 Å². The molecule has 0 radical (unpaired) electrons. The molecule has 0 spiro atoms. The van der Waals surface area contributed by atoms with Gasteiger partial charge in [-0.2, -0.15) is 4.39 Å². The first kappa shape index (κ1) is 18.1. The Kier molecular flexibility index (Phi) is 4.44. The molecule has 4 aromatic rings. The average molecular weight is 385 g/mol. The lowest BCUT2D eigenvalue weighted by atomic mass is 9.75. The van der Waals surface area contributed by atoms with Crippen LogP contribution in [-0.2, 0) is 12.0 Å². The van der Waals surface area contributed by atoms with E-state index < -0.39 is 11.5 Å². The van der Waals surface area contributed by atoms with Crippen molar-refractivity contribution < 1.29 is 4.39 Å². The number of nitrogens with zero attached hydrogens (tertiary/aromatic N) is 1. The van der Waals surface area contributed by atoms with Gasteiger partial charge in [0.2, 0.25) is 5.95 Å². The zero-order chi connectivity index (χ0) is 19.8. The lowest BCUT2D eigenvalue weighted by Crippen LogP contribution is -2.47. The number of rotatable bonds is 4. The Morgan fingerprint density at radius 2 is 1.83 bits per heavy atom. The molecule has 3 nitrogen and oxygen atoms in total. The highest BCUT2D eigenvalue weighted by atomic mass is 19.1. The maximum atomic E-state index is 13.6. The second-order valence-corrected chi connectivity index (χ2v) is 7.93. The van der Waals surface area contributed by atoms with Crippen LogP contribution in [0.5, 0.6) is 0 Å². The van der Waals surface area contributed by atoms with Crippen LogP contribution in [0, 0.1) is 5.95 Å². The minimum atomic E-state index is -0.451. The number of aromatic nitrogens is 2. The molecule has 2 heterocycles. The Hall–Kier alpha value is -2.98. The number of para-hydroxylation sites is 1. The van der Waals surface area contributed by atoms with E-state index in [2.05, 4.69) is 70.7 Å². The van der Waals surface area contributed by atoms with Gasteiger partial charge in [0.15, 0.2) is 0 Å². The summed E-state index contributed by atoms with van der Waals surface area (Å²) in [5.74, 6) is -0.451. The molecule has 4 heteroatoms. The predicted molar refractivity (Wildman–Crippen MR) is 114 cm³/mol. The molecule has 2 N–H and O–H groups in total. The third kappa shape index (κ3) is 3.04. The zero-order valence-corrected chi connectivity index (χ0v) is 16.5. The fourth-order valence-corrected chi connectivity index (χ4v) is 4.82. The van der Waals surface area contributed by atoms with Crippen LogP contribution in [0.2, 0.25) is 0 Å². The summed E-state index contributed by atoms with van der Waals surface area (Å²) in [7, 11) is 0.